The van der Waals surface area contributed by atoms with Crippen molar-refractivity contribution in [3.63, 3.8) is 0 Å². The van der Waals surface area contributed by atoms with Crippen LogP contribution in [-0.4, -0.2) is 25.5 Å². The maximum Gasteiger partial charge on any atom is 0.244 e. The number of nitrogens with one attached hydrogen (secondary N) is 1. The number of anilines is 1. The Labute approximate surface area is 153 Å². The highest BCUT2D eigenvalue weighted by Gasteiger charge is 2.21. The van der Waals surface area contributed by atoms with Crippen molar-refractivity contribution in [1.82, 2.24) is 5.32 Å². The summed E-state index contributed by atoms with van der Waals surface area (Å²) in [7, 11) is 1.61. The van der Waals surface area contributed by atoms with Gasteiger partial charge in [0.05, 0.1) is 7.11 Å². The maximum absolute atomic E-state index is 12.0. The first-order chi connectivity index (χ1) is 12.7. The SMILES string of the molecule is COc1cccc(/C=C/C(=O)NCc2ccc(N3CCCC3=O)cc2)c1. The molecule has 1 heterocycles. The first kappa shape index (κ1) is 17.7. The minimum absolute atomic E-state index is 0.161. The number of ether oxygens (including phenoxy) is 1. The van der Waals surface area contributed by atoms with Gasteiger partial charge in [-0.3, -0.25) is 9.59 Å². The number of rotatable bonds is 6. The van der Waals surface area contributed by atoms with E-state index in [1.54, 1.807) is 18.1 Å². The van der Waals surface area contributed by atoms with Gasteiger partial charge in [-0.15, -0.1) is 0 Å². The second kappa shape index (κ2) is 8.34. The molecular formula is C21H22N2O3. The molecule has 0 aliphatic carbocycles. The van der Waals surface area contributed by atoms with Crippen molar-refractivity contribution in [2.45, 2.75) is 19.4 Å². The lowest BCUT2D eigenvalue weighted by Gasteiger charge is -2.15. The smallest absolute Gasteiger partial charge is 0.244 e. The predicted octanol–water partition coefficient (Wildman–Crippen LogP) is 3.15. The van der Waals surface area contributed by atoms with Gasteiger partial charge in [0.15, 0.2) is 0 Å². The lowest BCUT2D eigenvalue weighted by Crippen LogP contribution is -2.23. The lowest BCUT2D eigenvalue weighted by molar-refractivity contribution is -0.117. The number of hydrogen-bond donors (Lipinski definition) is 1. The molecular weight excluding hydrogens is 328 g/mol. The summed E-state index contributed by atoms with van der Waals surface area (Å²) < 4.78 is 5.16. The normalized spacial score (nSPS) is 14.0. The fraction of sp³-hybridized carbons (Fsp3) is 0.238. The highest BCUT2D eigenvalue weighted by atomic mass is 16.5. The second-order valence-electron chi connectivity index (χ2n) is 6.14. The van der Waals surface area contributed by atoms with Gasteiger partial charge < -0.3 is 15.0 Å². The van der Waals surface area contributed by atoms with Crippen molar-refractivity contribution in [2.24, 2.45) is 0 Å². The zero-order valence-electron chi connectivity index (χ0n) is 14.8. The third-order valence-electron chi connectivity index (χ3n) is 4.31. The lowest BCUT2D eigenvalue weighted by atomic mass is 10.2. The van der Waals surface area contributed by atoms with Crippen LogP contribution in [0.1, 0.15) is 24.0 Å². The van der Waals surface area contributed by atoms with Gasteiger partial charge in [-0.05, 0) is 47.9 Å². The summed E-state index contributed by atoms with van der Waals surface area (Å²) in [5, 5.41) is 2.86. The minimum Gasteiger partial charge on any atom is -0.497 e. The first-order valence-electron chi connectivity index (χ1n) is 8.65. The summed E-state index contributed by atoms with van der Waals surface area (Å²) in [6.45, 7) is 1.22. The molecule has 3 rings (SSSR count). The fourth-order valence-electron chi connectivity index (χ4n) is 2.88. The standard InChI is InChI=1S/C21H22N2O3/c1-26-19-5-2-4-16(14-19)9-12-20(24)22-15-17-7-10-18(11-8-17)23-13-3-6-21(23)25/h2,4-5,7-12,14H,3,6,13,15H2,1H3,(H,22,24)/b12-9+. The molecule has 2 aromatic carbocycles. The zero-order valence-corrected chi connectivity index (χ0v) is 14.8. The molecule has 1 saturated heterocycles. The van der Waals surface area contributed by atoms with E-state index in [9.17, 15) is 9.59 Å². The summed E-state index contributed by atoms with van der Waals surface area (Å²) in [5.41, 5.74) is 2.81. The Morgan fingerprint density at radius 3 is 2.73 bits per heavy atom. The predicted molar refractivity (Wildman–Crippen MR) is 102 cm³/mol. The van der Waals surface area contributed by atoms with Crippen molar-refractivity contribution in [3.8, 4) is 5.75 Å². The molecule has 5 heteroatoms. The molecule has 1 fully saturated rings. The van der Waals surface area contributed by atoms with Gasteiger partial charge in [0.1, 0.15) is 5.75 Å². The summed E-state index contributed by atoms with van der Waals surface area (Å²) in [5.74, 6) is 0.768. The van der Waals surface area contributed by atoms with Crippen LogP contribution in [0, 0.1) is 0 Å². The van der Waals surface area contributed by atoms with E-state index in [1.165, 1.54) is 6.08 Å². The van der Waals surface area contributed by atoms with Crippen LogP contribution in [0.2, 0.25) is 0 Å². The molecule has 0 spiro atoms. The largest absolute Gasteiger partial charge is 0.497 e. The van der Waals surface area contributed by atoms with Crippen LogP contribution in [-0.2, 0) is 16.1 Å². The molecule has 2 aromatic rings. The maximum atomic E-state index is 12.0. The molecule has 134 valence electrons. The Bertz CT molecular complexity index is 812. The number of carbonyl (C=O) groups is 2. The fourth-order valence-corrected chi connectivity index (χ4v) is 2.88. The summed E-state index contributed by atoms with van der Waals surface area (Å²) in [6, 6.07) is 15.2. The van der Waals surface area contributed by atoms with Crippen molar-refractivity contribution < 1.29 is 14.3 Å². The molecule has 1 aliphatic rings. The Kier molecular flexibility index (Phi) is 5.69. The molecule has 0 atom stereocenters. The van der Waals surface area contributed by atoms with Gasteiger partial charge in [0.25, 0.3) is 0 Å². The monoisotopic (exact) mass is 350 g/mol. The number of nitrogens with zero attached hydrogens (tertiary/aromatic N) is 1. The third-order valence-corrected chi connectivity index (χ3v) is 4.31. The van der Waals surface area contributed by atoms with Crippen LogP contribution in [0.3, 0.4) is 0 Å². The average molecular weight is 350 g/mol. The number of methoxy groups -OCH3 is 1. The number of hydrogen-bond acceptors (Lipinski definition) is 3. The molecule has 26 heavy (non-hydrogen) atoms. The molecule has 0 aromatic heterocycles. The van der Waals surface area contributed by atoms with Crippen molar-refractivity contribution in [3.05, 3.63) is 65.7 Å². The number of carbonyl (C=O) groups excluding carboxylic acids is 2. The minimum atomic E-state index is -0.161. The molecule has 2 amide bonds. The van der Waals surface area contributed by atoms with Crippen LogP contribution in [0.5, 0.6) is 5.75 Å². The number of benzene rings is 2. The average Bonchev–Trinajstić information content (AvgIpc) is 3.11. The molecule has 5 nitrogen and oxygen atoms in total. The van der Waals surface area contributed by atoms with E-state index in [1.807, 2.05) is 48.5 Å². The van der Waals surface area contributed by atoms with Gasteiger partial charge in [-0.2, -0.15) is 0 Å². The van der Waals surface area contributed by atoms with Crippen LogP contribution >= 0.6 is 0 Å². The summed E-state index contributed by atoms with van der Waals surface area (Å²) in [6.07, 6.45) is 4.79. The molecule has 1 N–H and O–H groups in total. The Balaban J connectivity index is 1.52. The van der Waals surface area contributed by atoms with E-state index >= 15 is 0 Å². The summed E-state index contributed by atoms with van der Waals surface area (Å²) >= 11 is 0. The van der Waals surface area contributed by atoms with Gasteiger partial charge >= 0.3 is 0 Å². The van der Waals surface area contributed by atoms with E-state index in [0.717, 1.165) is 35.5 Å². The second-order valence-corrected chi connectivity index (χ2v) is 6.14. The molecule has 0 unspecified atom stereocenters. The Hall–Kier alpha value is -3.08. The van der Waals surface area contributed by atoms with Crippen molar-refractivity contribution in [2.75, 3.05) is 18.6 Å². The Morgan fingerprint density at radius 1 is 1.23 bits per heavy atom. The van der Waals surface area contributed by atoms with Gasteiger partial charge in [-0.25, -0.2) is 0 Å². The van der Waals surface area contributed by atoms with Crippen molar-refractivity contribution in [1.29, 1.82) is 0 Å². The van der Waals surface area contributed by atoms with E-state index in [0.29, 0.717) is 13.0 Å². The highest BCUT2D eigenvalue weighted by Crippen LogP contribution is 2.21. The number of amides is 2. The van der Waals surface area contributed by atoms with Crippen LogP contribution in [0.15, 0.2) is 54.6 Å². The molecule has 0 bridgehead atoms. The summed E-state index contributed by atoms with van der Waals surface area (Å²) in [4.78, 5) is 25.5. The highest BCUT2D eigenvalue weighted by molar-refractivity contribution is 5.95. The Morgan fingerprint density at radius 2 is 2.04 bits per heavy atom. The van der Waals surface area contributed by atoms with Crippen LogP contribution < -0.4 is 15.0 Å². The zero-order chi connectivity index (χ0) is 18.4. The third kappa shape index (κ3) is 4.51. The molecule has 1 aliphatic heterocycles. The van der Waals surface area contributed by atoms with Crippen LogP contribution in [0.25, 0.3) is 6.08 Å². The molecule has 0 saturated carbocycles. The quantitative estimate of drug-likeness (QED) is 0.814. The molecule has 0 radical (unpaired) electrons. The first-order valence-corrected chi connectivity index (χ1v) is 8.65. The topological polar surface area (TPSA) is 58.6 Å². The van der Waals surface area contributed by atoms with Gasteiger partial charge in [0, 0.05) is 31.3 Å². The van der Waals surface area contributed by atoms with Crippen molar-refractivity contribution >= 4 is 23.6 Å². The van der Waals surface area contributed by atoms with Gasteiger partial charge in [-0.1, -0.05) is 24.3 Å². The van der Waals surface area contributed by atoms with Gasteiger partial charge in [0.2, 0.25) is 11.8 Å². The van der Waals surface area contributed by atoms with E-state index in [4.69, 9.17) is 4.74 Å². The van der Waals surface area contributed by atoms with Crippen LogP contribution in [0.4, 0.5) is 5.69 Å². The van der Waals surface area contributed by atoms with E-state index in [-0.39, 0.29) is 11.8 Å². The van der Waals surface area contributed by atoms with E-state index < -0.39 is 0 Å². The van der Waals surface area contributed by atoms with E-state index in [2.05, 4.69) is 5.32 Å².